The Balaban J connectivity index is 2.89. The third kappa shape index (κ3) is 4.88. The molecule has 0 aliphatic carbocycles. The molecule has 0 saturated carbocycles. The van der Waals surface area contributed by atoms with Crippen LogP contribution < -0.4 is 10.6 Å². The number of hydrogen-bond acceptors (Lipinski definition) is 4. The largest absolute Gasteiger partial charge is 0.416 e. The van der Waals surface area contributed by atoms with Crippen molar-refractivity contribution in [3.63, 3.8) is 0 Å². The minimum atomic E-state index is -4.41. The monoisotopic (exact) mass is 290 g/mol. The highest BCUT2D eigenvalue weighted by atomic mass is 19.4. The van der Waals surface area contributed by atoms with Gasteiger partial charge in [-0.3, -0.25) is 0 Å². The first kappa shape index (κ1) is 16.6. The minimum Gasteiger partial charge on any atom is -0.384 e. The summed E-state index contributed by atoms with van der Waals surface area (Å²) in [5.74, 6) is 0.166. The summed E-state index contributed by atoms with van der Waals surface area (Å²) in [4.78, 5) is 7.84. The number of anilines is 2. The van der Waals surface area contributed by atoms with Crippen LogP contribution in [0.4, 0.5) is 24.8 Å². The molecule has 114 valence electrons. The summed E-state index contributed by atoms with van der Waals surface area (Å²) >= 11 is 0. The van der Waals surface area contributed by atoms with Gasteiger partial charge < -0.3 is 15.5 Å². The third-order valence-corrected chi connectivity index (χ3v) is 2.90. The first-order valence-corrected chi connectivity index (χ1v) is 6.48. The van der Waals surface area contributed by atoms with Crippen molar-refractivity contribution in [1.29, 1.82) is 0 Å². The van der Waals surface area contributed by atoms with E-state index in [2.05, 4.69) is 4.98 Å². The van der Waals surface area contributed by atoms with Crippen LogP contribution in [0.2, 0.25) is 0 Å². The first-order valence-electron chi connectivity index (χ1n) is 6.48. The number of aromatic nitrogens is 1. The molecule has 1 aromatic heterocycles. The second-order valence-corrected chi connectivity index (χ2v) is 4.87. The van der Waals surface area contributed by atoms with Gasteiger partial charge in [0.25, 0.3) is 0 Å². The second-order valence-electron chi connectivity index (χ2n) is 4.87. The summed E-state index contributed by atoms with van der Waals surface area (Å²) in [6, 6.07) is 1.91. The molecule has 1 heterocycles. The molecule has 0 aliphatic heterocycles. The summed E-state index contributed by atoms with van der Waals surface area (Å²) < 4.78 is 38.3. The lowest BCUT2D eigenvalue weighted by atomic mass is 10.2. The van der Waals surface area contributed by atoms with Gasteiger partial charge in [-0.15, -0.1) is 0 Å². The smallest absolute Gasteiger partial charge is 0.384 e. The SMILES string of the molecule is CCN(CCCN(C)C)c1cc(C(F)(F)F)cc(N)n1. The standard InChI is InChI=1S/C13H21F3N4/c1-4-20(7-5-6-19(2)3)12-9-10(13(14,15)16)8-11(17)18-12/h8-9H,4-7H2,1-3H3,(H2,17,18). The van der Waals surface area contributed by atoms with Crippen molar-refractivity contribution in [2.45, 2.75) is 19.5 Å². The van der Waals surface area contributed by atoms with Gasteiger partial charge in [0.15, 0.2) is 0 Å². The van der Waals surface area contributed by atoms with E-state index < -0.39 is 11.7 Å². The first-order chi connectivity index (χ1) is 9.24. The van der Waals surface area contributed by atoms with Crippen LogP contribution in [0.25, 0.3) is 0 Å². The Bertz CT molecular complexity index is 432. The van der Waals surface area contributed by atoms with Crippen LogP contribution in [0.3, 0.4) is 0 Å². The molecule has 4 nitrogen and oxygen atoms in total. The normalized spacial score (nSPS) is 11.9. The summed E-state index contributed by atoms with van der Waals surface area (Å²) in [5.41, 5.74) is 4.72. The molecule has 0 radical (unpaired) electrons. The molecule has 0 unspecified atom stereocenters. The van der Waals surface area contributed by atoms with E-state index in [-0.39, 0.29) is 11.6 Å². The lowest BCUT2D eigenvalue weighted by Gasteiger charge is -2.24. The topological polar surface area (TPSA) is 45.4 Å². The van der Waals surface area contributed by atoms with Crippen LogP contribution in [0.1, 0.15) is 18.9 Å². The number of nitrogens with zero attached hydrogens (tertiary/aromatic N) is 3. The van der Waals surface area contributed by atoms with Gasteiger partial charge in [0, 0.05) is 13.1 Å². The molecular formula is C13H21F3N4. The second kappa shape index (κ2) is 6.78. The zero-order chi connectivity index (χ0) is 15.3. The van der Waals surface area contributed by atoms with E-state index in [4.69, 9.17) is 5.73 Å². The van der Waals surface area contributed by atoms with Gasteiger partial charge in [0.1, 0.15) is 11.6 Å². The Labute approximate surface area is 117 Å². The summed E-state index contributed by atoms with van der Waals surface area (Å²) in [7, 11) is 3.91. The van der Waals surface area contributed by atoms with Gasteiger partial charge in [-0.25, -0.2) is 4.98 Å². The molecule has 0 spiro atoms. The molecule has 0 aliphatic rings. The van der Waals surface area contributed by atoms with Crippen molar-refractivity contribution < 1.29 is 13.2 Å². The minimum absolute atomic E-state index is 0.110. The van der Waals surface area contributed by atoms with Crippen LogP contribution in [0.15, 0.2) is 12.1 Å². The molecule has 7 heteroatoms. The van der Waals surface area contributed by atoms with E-state index in [1.54, 1.807) is 4.90 Å². The van der Waals surface area contributed by atoms with Crippen molar-refractivity contribution in [3.05, 3.63) is 17.7 Å². The summed E-state index contributed by atoms with van der Waals surface area (Å²) in [6.07, 6.45) is -3.56. The molecule has 0 fully saturated rings. The van der Waals surface area contributed by atoms with Crippen molar-refractivity contribution in [3.8, 4) is 0 Å². The molecule has 0 atom stereocenters. The van der Waals surface area contributed by atoms with E-state index in [9.17, 15) is 13.2 Å². The Morgan fingerprint density at radius 2 is 1.85 bits per heavy atom. The van der Waals surface area contributed by atoms with E-state index in [0.29, 0.717) is 13.1 Å². The number of nitrogens with two attached hydrogens (primary N) is 1. The molecule has 2 N–H and O–H groups in total. The Kier molecular flexibility index (Phi) is 5.62. The summed E-state index contributed by atoms with van der Waals surface area (Å²) in [6.45, 7) is 3.97. The number of nitrogen functional groups attached to an aromatic ring is 1. The Morgan fingerprint density at radius 3 is 2.35 bits per heavy atom. The summed E-state index contributed by atoms with van der Waals surface area (Å²) in [5, 5.41) is 0. The van der Waals surface area contributed by atoms with Crippen LogP contribution >= 0.6 is 0 Å². The molecule has 1 aromatic rings. The van der Waals surface area contributed by atoms with Crippen LogP contribution in [-0.4, -0.2) is 43.6 Å². The molecule has 20 heavy (non-hydrogen) atoms. The van der Waals surface area contributed by atoms with Gasteiger partial charge >= 0.3 is 6.18 Å². The average Bonchev–Trinajstić information content (AvgIpc) is 2.32. The predicted octanol–water partition coefficient (Wildman–Crippen LogP) is 2.46. The number of halogens is 3. The fraction of sp³-hybridized carbons (Fsp3) is 0.615. The van der Waals surface area contributed by atoms with Crippen LogP contribution in [0, 0.1) is 0 Å². The fourth-order valence-electron chi connectivity index (χ4n) is 1.88. The predicted molar refractivity (Wildman–Crippen MR) is 74.7 cm³/mol. The highest BCUT2D eigenvalue weighted by Gasteiger charge is 2.31. The molecule has 0 saturated heterocycles. The molecular weight excluding hydrogens is 269 g/mol. The number of hydrogen-bond donors (Lipinski definition) is 1. The van der Waals surface area contributed by atoms with Crippen molar-refractivity contribution >= 4 is 11.6 Å². The average molecular weight is 290 g/mol. The zero-order valence-corrected chi connectivity index (χ0v) is 12.0. The highest BCUT2D eigenvalue weighted by Crippen LogP contribution is 2.32. The third-order valence-electron chi connectivity index (χ3n) is 2.90. The number of alkyl halides is 3. The zero-order valence-electron chi connectivity index (χ0n) is 12.0. The lowest BCUT2D eigenvalue weighted by Crippen LogP contribution is -2.28. The molecule has 0 bridgehead atoms. The maximum atomic E-state index is 12.8. The number of rotatable bonds is 6. The molecule has 1 rings (SSSR count). The van der Waals surface area contributed by atoms with Gasteiger partial charge in [-0.05, 0) is 46.1 Å². The van der Waals surface area contributed by atoms with Gasteiger partial charge in [0.05, 0.1) is 5.56 Å². The van der Waals surface area contributed by atoms with E-state index in [0.717, 1.165) is 25.1 Å². The van der Waals surface area contributed by atoms with Crippen molar-refractivity contribution in [2.24, 2.45) is 0 Å². The Morgan fingerprint density at radius 1 is 1.20 bits per heavy atom. The van der Waals surface area contributed by atoms with Gasteiger partial charge in [0.2, 0.25) is 0 Å². The number of pyridine rings is 1. The van der Waals surface area contributed by atoms with Gasteiger partial charge in [-0.2, -0.15) is 13.2 Å². The maximum Gasteiger partial charge on any atom is 0.416 e. The van der Waals surface area contributed by atoms with Crippen molar-refractivity contribution in [1.82, 2.24) is 9.88 Å². The highest BCUT2D eigenvalue weighted by molar-refractivity contribution is 5.49. The van der Waals surface area contributed by atoms with Gasteiger partial charge in [-0.1, -0.05) is 0 Å². The quantitative estimate of drug-likeness (QED) is 0.874. The van der Waals surface area contributed by atoms with Crippen LogP contribution in [-0.2, 0) is 6.18 Å². The van der Waals surface area contributed by atoms with Crippen molar-refractivity contribution in [2.75, 3.05) is 44.4 Å². The Hall–Kier alpha value is -1.50. The van der Waals surface area contributed by atoms with E-state index in [1.165, 1.54) is 0 Å². The lowest BCUT2D eigenvalue weighted by molar-refractivity contribution is -0.137. The maximum absolute atomic E-state index is 12.8. The fourth-order valence-corrected chi connectivity index (χ4v) is 1.88. The molecule has 0 aromatic carbocycles. The van der Waals surface area contributed by atoms with E-state index >= 15 is 0 Å². The van der Waals surface area contributed by atoms with Crippen LogP contribution in [0.5, 0.6) is 0 Å². The van der Waals surface area contributed by atoms with E-state index in [1.807, 2.05) is 25.9 Å². The molecule has 0 amide bonds.